The molecule has 2 rings (SSSR count). The number of hydrogen-bond donors (Lipinski definition) is 2. The number of rotatable bonds is 14. The molecule has 0 atom stereocenters. The summed E-state index contributed by atoms with van der Waals surface area (Å²) in [6, 6.07) is 6.92. The van der Waals surface area contributed by atoms with Gasteiger partial charge in [0, 0.05) is 17.5 Å². The van der Waals surface area contributed by atoms with Gasteiger partial charge in [0.2, 0.25) is 11.5 Å². The van der Waals surface area contributed by atoms with E-state index in [4.69, 9.17) is 18.9 Å². The van der Waals surface area contributed by atoms with Crippen LogP contribution in [0.25, 0.3) is 0 Å². The first-order valence-electron chi connectivity index (χ1n) is 11.3. The van der Waals surface area contributed by atoms with E-state index in [1.165, 1.54) is 0 Å². The summed E-state index contributed by atoms with van der Waals surface area (Å²) in [6.07, 6.45) is 3.79. The molecule has 2 aromatic carbocycles. The van der Waals surface area contributed by atoms with Gasteiger partial charge in [0.25, 0.3) is 0 Å². The van der Waals surface area contributed by atoms with Crippen LogP contribution in [0.2, 0.25) is 0 Å². The molecule has 0 spiro atoms. The van der Waals surface area contributed by atoms with Crippen molar-refractivity contribution in [3.05, 3.63) is 35.4 Å². The number of ether oxygens (including phenoxy) is 4. The molecule has 0 aliphatic carbocycles. The first kappa shape index (κ1) is 24.5. The van der Waals surface area contributed by atoms with E-state index < -0.39 is 0 Å². The van der Waals surface area contributed by atoms with Crippen LogP contribution >= 0.6 is 0 Å². The first-order valence-corrected chi connectivity index (χ1v) is 11.3. The number of benzene rings is 2. The minimum Gasteiger partial charge on any atom is -0.504 e. The quantitative estimate of drug-likeness (QED) is 0.390. The average molecular weight is 433 g/mol. The molecule has 0 aliphatic rings. The molecule has 0 aromatic heterocycles. The Hall–Kier alpha value is -2.76. The van der Waals surface area contributed by atoms with Gasteiger partial charge in [0.05, 0.1) is 26.4 Å². The molecule has 31 heavy (non-hydrogen) atoms. The Morgan fingerprint density at radius 2 is 0.839 bits per heavy atom. The molecule has 2 N–H and O–H groups in total. The Kier molecular flexibility index (Phi) is 10.1. The summed E-state index contributed by atoms with van der Waals surface area (Å²) in [5.41, 5.74) is 1.73. The molecule has 0 saturated carbocycles. The van der Waals surface area contributed by atoms with Crippen LogP contribution in [0.5, 0.6) is 34.5 Å². The van der Waals surface area contributed by atoms with E-state index in [0.717, 1.165) is 36.8 Å². The smallest absolute Gasteiger partial charge is 0.203 e. The van der Waals surface area contributed by atoms with Gasteiger partial charge >= 0.3 is 0 Å². The Morgan fingerprint density at radius 1 is 0.516 bits per heavy atom. The molecule has 0 amide bonds. The SMILES string of the molecule is CCCOc1c(O)ccc(Cc2ccc(O)c(OCCC)c2OCCC)c1OCCC. The normalized spacial score (nSPS) is 10.7. The van der Waals surface area contributed by atoms with Crippen LogP contribution in [0.4, 0.5) is 0 Å². The van der Waals surface area contributed by atoms with E-state index >= 15 is 0 Å². The maximum absolute atomic E-state index is 10.4. The van der Waals surface area contributed by atoms with E-state index in [9.17, 15) is 10.2 Å². The van der Waals surface area contributed by atoms with Crippen molar-refractivity contribution in [1.29, 1.82) is 0 Å². The summed E-state index contributed by atoms with van der Waals surface area (Å²) >= 11 is 0. The highest BCUT2D eigenvalue weighted by Crippen LogP contribution is 2.44. The second-order valence-corrected chi connectivity index (χ2v) is 7.37. The summed E-state index contributed by atoms with van der Waals surface area (Å²) in [5.74, 6) is 1.93. The van der Waals surface area contributed by atoms with E-state index in [-0.39, 0.29) is 11.5 Å². The topological polar surface area (TPSA) is 77.4 Å². The first-order chi connectivity index (χ1) is 15.1. The van der Waals surface area contributed by atoms with Gasteiger partial charge in [0.1, 0.15) is 0 Å². The molecule has 2 aromatic rings. The van der Waals surface area contributed by atoms with Crippen LogP contribution in [-0.2, 0) is 6.42 Å². The second-order valence-electron chi connectivity index (χ2n) is 7.37. The molecule has 0 bridgehead atoms. The molecule has 0 fully saturated rings. The van der Waals surface area contributed by atoms with Crippen LogP contribution < -0.4 is 18.9 Å². The summed E-state index contributed by atoms with van der Waals surface area (Å²) < 4.78 is 23.6. The van der Waals surface area contributed by atoms with Crippen molar-refractivity contribution in [2.45, 2.75) is 59.8 Å². The third-order valence-electron chi connectivity index (χ3n) is 4.53. The Morgan fingerprint density at radius 3 is 1.16 bits per heavy atom. The molecule has 0 radical (unpaired) electrons. The largest absolute Gasteiger partial charge is 0.504 e. The fourth-order valence-corrected chi connectivity index (χ4v) is 3.08. The van der Waals surface area contributed by atoms with Gasteiger partial charge in [-0.1, -0.05) is 39.8 Å². The van der Waals surface area contributed by atoms with E-state index in [1.54, 1.807) is 12.1 Å². The van der Waals surface area contributed by atoms with E-state index in [1.807, 2.05) is 39.8 Å². The summed E-state index contributed by atoms with van der Waals surface area (Å²) in [4.78, 5) is 0. The highest BCUT2D eigenvalue weighted by Gasteiger charge is 2.21. The minimum absolute atomic E-state index is 0.0587. The van der Waals surface area contributed by atoms with Crippen molar-refractivity contribution in [1.82, 2.24) is 0 Å². The monoisotopic (exact) mass is 432 g/mol. The van der Waals surface area contributed by atoms with Crippen molar-refractivity contribution < 1.29 is 29.2 Å². The van der Waals surface area contributed by atoms with Gasteiger partial charge in [-0.05, 0) is 37.8 Å². The highest BCUT2D eigenvalue weighted by molar-refractivity contribution is 5.60. The molecular weight excluding hydrogens is 396 g/mol. The molecule has 0 unspecified atom stereocenters. The number of phenolic OH excluding ortho intramolecular Hbond substituents is 2. The molecule has 172 valence electrons. The lowest BCUT2D eigenvalue weighted by molar-refractivity contribution is 0.254. The molecule has 6 nitrogen and oxygen atoms in total. The number of hydrogen-bond acceptors (Lipinski definition) is 6. The predicted molar refractivity (Wildman–Crippen MR) is 122 cm³/mol. The van der Waals surface area contributed by atoms with Crippen molar-refractivity contribution in [2.24, 2.45) is 0 Å². The molecular formula is C25H36O6. The standard InChI is InChI=1S/C25H36O6/c1-5-13-28-22-18(9-11-20(26)24(22)30-15-7-3)17-19-10-12-21(27)25(31-16-8-4)23(19)29-14-6-2/h9-12,26-27H,5-8,13-17H2,1-4H3. The van der Waals surface area contributed by atoms with Crippen LogP contribution in [0.3, 0.4) is 0 Å². The van der Waals surface area contributed by atoms with Gasteiger partial charge in [-0.2, -0.15) is 0 Å². The zero-order chi connectivity index (χ0) is 22.6. The van der Waals surface area contributed by atoms with Crippen LogP contribution in [0, 0.1) is 0 Å². The van der Waals surface area contributed by atoms with Gasteiger partial charge < -0.3 is 29.2 Å². The highest BCUT2D eigenvalue weighted by atomic mass is 16.5. The average Bonchev–Trinajstić information content (AvgIpc) is 2.77. The van der Waals surface area contributed by atoms with Crippen molar-refractivity contribution in [3.63, 3.8) is 0 Å². The summed E-state index contributed by atoms with van der Waals surface area (Å²) in [5, 5.41) is 20.7. The van der Waals surface area contributed by atoms with Gasteiger partial charge in [0.15, 0.2) is 23.0 Å². The predicted octanol–water partition coefficient (Wildman–Crippen LogP) is 5.84. The molecule has 0 saturated heterocycles. The third-order valence-corrected chi connectivity index (χ3v) is 4.53. The molecule has 6 heteroatoms. The van der Waals surface area contributed by atoms with Crippen LogP contribution in [0.15, 0.2) is 24.3 Å². The van der Waals surface area contributed by atoms with Crippen LogP contribution in [-0.4, -0.2) is 36.6 Å². The third kappa shape index (κ3) is 6.61. The van der Waals surface area contributed by atoms with Crippen molar-refractivity contribution in [3.8, 4) is 34.5 Å². The molecule has 0 aliphatic heterocycles. The van der Waals surface area contributed by atoms with Gasteiger partial charge in [-0.3, -0.25) is 0 Å². The lowest BCUT2D eigenvalue weighted by atomic mass is 10.0. The number of phenols is 2. The number of aromatic hydroxyl groups is 2. The fraction of sp³-hybridized carbons (Fsp3) is 0.520. The fourth-order valence-electron chi connectivity index (χ4n) is 3.08. The van der Waals surface area contributed by atoms with E-state index in [0.29, 0.717) is 55.8 Å². The lowest BCUT2D eigenvalue weighted by Crippen LogP contribution is -2.07. The zero-order valence-electron chi connectivity index (χ0n) is 19.2. The van der Waals surface area contributed by atoms with E-state index in [2.05, 4.69) is 0 Å². The Labute approximate surface area is 185 Å². The van der Waals surface area contributed by atoms with Crippen molar-refractivity contribution >= 4 is 0 Å². The Balaban J connectivity index is 2.50. The van der Waals surface area contributed by atoms with Gasteiger partial charge in [-0.15, -0.1) is 0 Å². The molecule has 0 heterocycles. The summed E-state index contributed by atoms with van der Waals surface area (Å²) in [7, 11) is 0. The van der Waals surface area contributed by atoms with Crippen LogP contribution in [0.1, 0.15) is 64.5 Å². The maximum atomic E-state index is 10.4. The minimum atomic E-state index is 0.0587. The zero-order valence-corrected chi connectivity index (χ0v) is 19.2. The lowest BCUT2D eigenvalue weighted by Gasteiger charge is -2.20. The second kappa shape index (κ2) is 12.8. The Bertz CT molecular complexity index is 751. The summed E-state index contributed by atoms with van der Waals surface area (Å²) in [6.45, 7) is 10.1. The maximum Gasteiger partial charge on any atom is 0.203 e. The van der Waals surface area contributed by atoms with Crippen molar-refractivity contribution in [2.75, 3.05) is 26.4 Å². The van der Waals surface area contributed by atoms with Gasteiger partial charge in [-0.25, -0.2) is 0 Å².